The van der Waals surface area contributed by atoms with Gasteiger partial charge < -0.3 is 10.1 Å². The van der Waals surface area contributed by atoms with Crippen LogP contribution in [0.4, 0.5) is 32.0 Å². The highest BCUT2D eigenvalue weighted by Gasteiger charge is 2.34. The molecule has 1 aromatic rings. The first-order valence-corrected chi connectivity index (χ1v) is 8.12. The number of hydrogen-bond acceptors (Lipinski definition) is 3. The van der Waals surface area contributed by atoms with Crippen molar-refractivity contribution in [3.63, 3.8) is 0 Å². The van der Waals surface area contributed by atoms with Gasteiger partial charge in [0.05, 0.1) is 11.3 Å². The highest BCUT2D eigenvalue weighted by Crippen LogP contribution is 2.38. The molecule has 0 heterocycles. The van der Waals surface area contributed by atoms with Crippen LogP contribution in [0.1, 0.15) is 25.8 Å². The summed E-state index contributed by atoms with van der Waals surface area (Å²) in [5.74, 6) is -1.10. The van der Waals surface area contributed by atoms with Gasteiger partial charge in [-0.1, -0.05) is 13.8 Å². The number of thioether (sulfide) groups is 1. The average molecular weight is 389 g/mol. The molecule has 0 saturated heterocycles. The van der Waals surface area contributed by atoms with Gasteiger partial charge in [0.1, 0.15) is 13.2 Å². The largest absolute Gasteiger partial charge is 0.418 e. The Labute approximate surface area is 145 Å². The van der Waals surface area contributed by atoms with Crippen molar-refractivity contribution < 1.29 is 35.9 Å². The van der Waals surface area contributed by atoms with Crippen molar-refractivity contribution in [2.45, 2.75) is 42.8 Å². The van der Waals surface area contributed by atoms with E-state index in [1.807, 2.05) is 19.2 Å². The van der Waals surface area contributed by atoms with Gasteiger partial charge >= 0.3 is 12.4 Å². The summed E-state index contributed by atoms with van der Waals surface area (Å²) >= 11 is 1.26. The lowest BCUT2D eigenvalue weighted by atomic mass is 10.1. The summed E-state index contributed by atoms with van der Waals surface area (Å²) in [6, 6.07) is 3.40. The Morgan fingerprint density at radius 1 is 1.24 bits per heavy atom. The molecule has 0 aliphatic heterocycles. The molecule has 0 radical (unpaired) electrons. The lowest BCUT2D eigenvalue weighted by Crippen LogP contribution is -2.25. The molecule has 0 spiro atoms. The second-order valence-electron chi connectivity index (χ2n) is 5.20. The third kappa shape index (κ3) is 8.00. The van der Waals surface area contributed by atoms with E-state index in [-0.39, 0.29) is 5.25 Å². The van der Waals surface area contributed by atoms with Crippen LogP contribution in [0.25, 0.3) is 0 Å². The van der Waals surface area contributed by atoms with E-state index in [4.69, 9.17) is 0 Å². The Bertz CT molecular complexity index is 588. The Morgan fingerprint density at radius 3 is 2.40 bits per heavy atom. The van der Waals surface area contributed by atoms with Crippen molar-refractivity contribution in [3.8, 4) is 0 Å². The van der Waals surface area contributed by atoms with Crippen molar-refractivity contribution in [1.29, 1.82) is 0 Å². The van der Waals surface area contributed by atoms with Gasteiger partial charge in [-0.25, -0.2) is 0 Å². The van der Waals surface area contributed by atoms with E-state index in [0.717, 1.165) is 18.6 Å². The molecule has 0 bridgehead atoms. The minimum Gasteiger partial charge on any atom is -0.362 e. The monoisotopic (exact) mass is 389 g/mol. The van der Waals surface area contributed by atoms with E-state index in [9.17, 15) is 31.1 Å². The molecule has 1 atom stereocenters. The van der Waals surface area contributed by atoms with Crippen LogP contribution in [-0.4, -0.2) is 30.5 Å². The van der Waals surface area contributed by atoms with Crippen molar-refractivity contribution >= 4 is 23.4 Å². The molecular formula is C15H17F6NO2S. The van der Waals surface area contributed by atoms with Crippen LogP contribution >= 0.6 is 11.8 Å². The molecule has 0 saturated carbocycles. The maximum atomic E-state index is 13.2. The van der Waals surface area contributed by atoms with Crippen LogP contribution in [-0.2, 0) is 15.7 Å². The number of halogens is 6. The average Bonchev–Trinajstić information content (AvgIpc) is 2.46. The molecule has 3 nitrogen and oxygen atoms in total. The zero-order chi connectivity index (χ0) is 19.3. The summed E-state index contributed by atoms with van der Waals surface area (Å²) < 4.78 is 79.4. The third-order valence-electron chi connectivity index (χ3n) is 2.98. The molecule has 1 aromatic carbocycles. The maximum absolute atomic E-state index is 13.2. The Kier molecular flexibility index (Phi) is 7.61. The Hall–Kier alpha value is -1.42. The summed E-state index contributed by atoms with van der Waals surface area (Å²) in [5, 5.41) is 2.05. The third-order valence-corrected chi connectivity index (χ3v) is 4.24. The highest BCUT2D eigenvalue weighted by atomic mass is 32.2. The Balaban J connectivity index is 2.86. The summed E-state index contributed by atoms with van der Waals surface area (Å²) in [5.41, 5.74) is -1.59. The van der Waals surface area contributed by atoms with Crippen LogP contribution in [0.2, 0.25) is 0 Å². The molecule has 1 rings (SSSR count). The maximum Gasteiger partial charge on any atom is 0.418 e. The molecule has 1 unspecified atom stereocenters. The minimum atomic E-state index is -4.72. The SMILES string of the molecule is CCC(C)Sc1ccc(NC(=O)COCC(F)(F)F)c(C(F)(F)F)c1. The number of nitrogens with one attached hydrogen (secondary N) is 1. The van der Waals surface area contributed by atoms with E-state index >= 15 is 0 Å². The molecule has 0 aliphatic rings. The molecule has 0 fully saturated rings. The van der Waals surface area contributed by atoms with Crippen molar-refractivity contribution in [2.24, 2.45) is 0 Å². The second kappa shape index (κ2) is 8.79. The molecular weight excluding hydrogens is 372 g/mol. The summed E-state index contributed by atoms with van der Waals surface area (Å²) in [6.45, 7) is 1.11. The molecule has 0 aliphatic carbocycles. The van der Waals surface area contributed by atoms with E-state index in [1.165, 1.54) is 17.8 Å². The molecule has 0 aromatic heterocycles. The molecule has 1 amide bonds. The fourth-order valence-electron chi connectivity index (χ4n) is 1.70. The van der Waals surface area contributed by atoms with Gasteiger partial charge in [0.15, 0.2) is 0 Å². The molecule has 25 heavy (non-hydrogen) atoms. The zero-order valence-corrected chi connectivity index (χ0v) is 14.2. The number of hydrogen-bond donors (Lipinski definition) is 1. The van der Waals surface area contributed by atoms with Gasteiger partial charge in [0.2, 0.25) is 5.91 Å². The van der Waals surface area contributed by atoms with E-state index in [2.05, 4.69) is 4.74 Å². The van der Waals surface area contributed by atoms with Gasteiger partial charge in [0.25, 0.3) is 0 Å². The number of anilines is 1. The summed E-state index contributed by atoms with van der Waals surface area (Å²) in [7, 11) is 0. The molecule has 10 heteroatoms. The standard InChI is InChI=1S/C15H17F6NO2S/c1-3-9(2)25-10-4-5-12(11(6-10)15(19,20)21)22-13(23)7-24-8-14(16,17)18/h4-6,9H,3,7-8H2,1-2H3,(H,22,23). The van der Waals surface area contributed by atoms with Crippen LogP contribution in [0.3, 0.4) is 0 Å². The predicted octanol–water partition coefficient (Wildman–Crippen LogP) is 5.11. The van der Waals surface area contributed by atoms with Crippen LogP contribution in [0.5, 0.6) is 0 Å². The minimum absolute atomic E-state index is 0.109. The fraction of sp³-hybridized carbons (Fsp3) is 0.533. The Morgan fingerprint density at radius 2 is 1.88 bits per heavy atom. The predicted molar refractivity (Wildman–Crippen MR) is 82.6 cm³/mol. The lowest BCUT2D eigenvalue weighted by molar-refractivity contribution is -0.174. The van der Waals surface area contributed by atoms with Crippen molar-refractivity contribution in [3.05, 3.63) is 23.8 Å². The number of rotatable bonds is 7. The van der Waals surface area contributed by atoms with Crippen molar-refractivity contribution in [1.82, 2.24) is 0 Å². The summed E-state index contributed by atoms with van der Waals surface area (Å²) in [6.07, 6.45) is -8.57. The number of carbonyl (C=O) groups is 1. The first-order valence-electron chi connectivity index (χ1n) is 7.24. The van der Waals surface area contributed by atoms with E-state index < -0.39 is 42.7 Å². The van der Waals surface area contributed by atoms with Crippen LogP contribution in [0.15, 0.2) is 23.1 Å². The number of carbonyl (C=O) groups excluding carboxylic acids is 1. The zero-order valence-electron chi connectivity index (χ0n) is 13.4. The van der Waals surface area contributed by atoms with Gasteiger partial charge in [-0.3, -0.25) is 4.79 Å². The lowest BCUT2D eigenvalue weighted by Gasteiger charge is -2.16. The number of amides is 1. The molecule has 1 N–H and O–H groups in total. The van der Waals surface area contributed by atoms with Gasteiger partial charge in [-0.15, -0.1) is 11.8 Å². The summed E-state index contributed by atoms with van der Waals surface area (Å²) in [4.78, 5) is 11.9. The topological polar surface area (TPSA) is 38.3 Å². The quantitative estimate of drug-likeness (QED) is 0.520. The first kappa shape index (κ1) is 21.6. The van der Waals surface area contributed by atoms with Gasteiger partial charge in [0, 0.05) is 10.1 Å². The van der Waals surface area contributed by atoms with E-state index in [0.29, 0.717) is 4.90 Å². The number of alkyl halides is 6. The fourth-order valence-corrected chi connectivity index (χ4v) is 2.67. The van der Waals surface area contributed by atoms with Crippen molar-refractivity contribution in [2.75, 3.05) is 18.5 Å². The van der Waals surface area contributed by atoms with Crippen LogP contribution in [0, 0.1) is 0 Å². The number of benzene rings is 1. The molecule has 142 valence electrons. The highest BCUT2D eigenvalue weighted by molar-refractivity contribution is 7.99. The van der Waals surface area contributed by atoms with E-state index in [1.54, 1.807) is 0 Å². The first-order chi connectivity index (χ1) is 11.4. The normalized spacial score (nSPS) is 13.6. The second-order valence-corrected chi connectivity index (χ2v) is 6.71. The number of ether oxygens (including phenoxy) is 1. The van der Waals surface area contributed by atoms with Crippen LogP contribution < -0.4 is 5.32 Å². The smallest absolute Gasteiger partial charge is 0.362 e. The van der Waals surface area contributed by atoms with Gasteiger partial charge in [-0.05, 0) is 24.6 Å². The van der Waals surface area contributed by atoms with Gasteiger partial charge in [-0.2, -0.15) is 26.3 Å².